The standard InChI is InChI=1S/C27H33F2N3O6S/c1-6-32(25(34)38-26(2,3)4)22-15-17(28)14-21-23(22)30-24(33)27(21,5)31-13-7-8-19(16-31)37-18-9-11-20(12-10-18)39(29,35)36/h9-12,14-15,19H,6-8,13,16H2,1-5H3,(H,30,33)/t19-,27-/m1/s1. The molecule has 0 unspecified atom stereocenters. The Balaban J connectivity index is 1.62. The van der Waals surface area contributed by atoms with Gasteiger partial charge in [-0.2, -0.15) is 8.42 Å². The van der Waals surface area contributed by atoms with Crippen LogP contribution >= 0.6 is 0 Å². The van der Waals surface area contributed by atoms with Gasteiger partial charge in [-0.05, 0) is 90.4 Å². The van der Waals surface area contributed by atoms with Crippen molar-refractivity contribution in [3.63, 3.8) is 0 Å². The number of rotatable bonds is 6. The molecule has 0 radical (unpaired) electrons. The number of benzene rings is 2. The van der Waals surface area contributed by atoms with Gasteiger partial charge in [-0.3, -0.25) is 14.6 Å². The van der Waals surface area contributed by atoms with Crippen LogP contribution in [-0.4, -0.2) is 56.7 Å². The highest BCUT2D eigenvalue weighted by Gasteiger charge is 2.50. The van der Waals surface area contributed by atoms with Gasteiger partial charge in [-0.1, -0.05) is 0 Å². The van der Waals surface area contributed by atoms with E-state index in [1.54, 1.807) is 34.6 Å². The molecule has 2 heterocycles. The van der Waals surface area contributed by atoms with Crippen LogP contribution in [0.1, 0.15) is 53.0 Å². The van der Waals surface area contributed by atoms with E-state index in [9.17, 15) is 21.9 Å². The van der Waals surface area contributed by atoms with Gasteiger partial charge >= 0.3 is 16.3 Å². The Morgan fingerprint density at radius 2 is 1.90 bits per heavy atom. The van der Waals surface area contributed by atoms with Crippen molar-refractivity contribution >= 4 is 33.6 Å². The van der Waals surface area contributed by atoms with Crippen LogP contribution < -0.4 is 15.0 Å². The maximum absolute atomic E-state index is 15.0. The lowest BCUT2D eigenvalue weighted by molar-refractivity contribution is -0.128. The first kappa shape index (κ1) is 28.8. The van der Waals surface area contributed by atoms with Crippen molar-refractivity contribution in [1.82, 2.24) is 4.90 Å². The number of carbonyl (C=O) groups excluding carboxylic acids is 2. The van der Waals surface area contributed by atoms with E-state index >= 15 is 4.39 Å². The zero-order valence-corrected chi connectivity index (χ0v) is 23.4. The van der Waals surface area contributed by atoms with Gasteiger partial charge in [0.15, 0.2) is 0 Å². The Hall–Kier alpha value is -3.25. The summed E-state index contributed by atoms with van der Waals surface area (Å²) in [6.45, 7) is 9.71. The quantitative estimate of drug-likeness (QED) is 0.494. The topological polar surface area (TPSA) is 105 Å². The number of amides is 2. The minimum atomic E-state index is -4.82. The summed E-state index contributed by atoms with van der Waals surface area (Å²) in [5, 5.41) is 2.87. The number of carbonyl (C=O) groups is 2. The van der Waals surface area contributed by atoms with Gasteiger partial charge in [0.2, 0.25) is 5.91 Å². The molecule has 1 saturated heterocycles. The molecule has 212 valence electrons. The Bertz CT molecular complexity index is 1380. The monoisotopic (exact) mass is 565 g/mol. The highest BCUT2D eigenvalue weighted by atomic mass is 32.3. The third-order valence-corrected chi connectivity index (χ3v) is 7.76. The first-order chi connectivity index (χ1) is 18.1. The molecule has 2 amide bonds. The molecule has 2 aliphatic rings. The summed E-state index contributed by atoms with van der Waals surface area (Å²) in [7, 11) is -4.82. The summed E-state index contributed by atoms with van der Waals surface area (Å²) < 4.78 is 61.9. The van der Waals surface area contributed by atoms with Gasteiger partial charge in [-0.25, -0.2) is 9.18 Å². The van der Waals surface area contributed by atoms with Crippen molar-refractivity contribution in [2.45, 2.75) is 69.6 Å². The van der Waals surface area contributed by atoms with Gasteiger partial charge in [0.05, 0.1) is 16.3 Å². The van der Waals surface area contributed by atoms with Gasteiger partial charge in [0.25, 0.3) is 0 Å². The molecular weight excluding hydrogens is 532 g/mol. The maximum Gasteiger partial charge on any atom is 0.414 e. The van der Waals surface area contributed by atoms with E-state index in [4.69, 9.17) is 9.47 Å². The second-order valence-electron chi connectivity index (χ2n) is 10.8. The van der Waals surface area contributed by atoms with Gasteiger partial charge < -0.3 is 14.8 Å². The van der Waals surface area contributed by atoms with Crippen LogP contribution in [-0.2, 0) is 25.3 Å². The van der Waals surface area contributed by atoms with Crippen molar-refractivity contribution in [2.75, 3.05) is 29.9 Å². The smallest absolute Gasteiger partial charge is 0.414 e. The zero-order chi connectivity index (χ0) is 28.8. The number of halogens is 2. The summed E-state index contributed by atoms with van der Waals surface area (Å²) in [4.78, 5) is 29.2. The van der Waals surface area contributed by atoms with Gasteiger partial charge in [0.1, 0.15) is 28.8 Å². The first-order valence-corrected chi connectivity index (χ1v) is 14.1. The molecule has 0 bridgehead atoms. The molecule has 39 heavy (non-hydrogen) atoms. The van der Waals surface area contributed by atoms with E-state index in [1.165, 1.54) is 29.2 Å². The second kappa shape index (κ2) is 10.4. The molecule has 9 nitrogen and oxygen atoms in total. The number of anilines is 2. The third-order valence-electron chi connectivity index (χ3n) is 6.93. The molecule has 0 spiro atoms. The predicted molar refractivity (Wildman–Crippen MR) is 142 cm³/mol. The van der Waals surface area contributed by atoms with Crippen LogP contribution in [0.2, 0.25) is 0 Å². The molecule has 0 saturated carbocycles. The van der Waals surface area contributed by atoms with Crippen LogP contribution in [0.3, 0.4) is 0 Å². The second-order valence-corrected chi connectivity index (χ2v) is 12.2. The number of nitrogens with one attached hydrogen (secondary N) is 1. The number of hydrogen-bond acceptors (Lipinski definition) is 7. The van der Waals surface area contributed by atoms with Crippen molar-refractivity contribution in [1.29, 1.82) is 0 Å². The number of ether oxygens (including phenoxy) is 2. The van der Waals surface area contributed by atoms with Crippen molar-refractivity contribution in [3.8, 4) is 5.75 Å². The van der Waals surface area contributed by atoms with Crippen molar-refractivity contribution in [2.24, 2.45) is 0 Å². The van der Waals surface area contributed by atoms with E-state index in [2.05, 4.69) is 5.32 Å². The normalized spacial score (nSPS) is 21.7. The fourth-order valence-electron chi connectivity index (χ4n) is 5.02. The molecule has 2 aromatic rings. The summed E-state index contributed by atoms with van der Waals surface area (Å²) in [6, 6.07) is 7.52. The lowest BCUT2D eigenvalue weighted by Gasteiger charge is -2.42. The molecule has 4 rings (SSSR count). The van der Waals surface area contributed by atoms with E-state index in [1.807, 2.05) is 4.90 Å². The molecule has 1 fully saturated rings. The zero-order valence-electron chi connectivity index (χ0n) is 22.6. The molecule has 1 N–H and O–H groups in total. The van der Waals surface area contributed by atoms with Crippen LogP contribution in [0.25, 0.3) is 0 Å². The van der Waals surface area contributed by atoms with Gasteiger partial charge in [0, 0.05) is 18.7 Å². The van der Waals surface area contributed by atoms with E-state index < -0.39 is 38.2 Å². The van der Waals surface area contributed by atoms with E-state index in [0.717, 1.165) is 12.1 Å². The Morgan fingerprint density at radius 3 is 2.49 bits per heavy atom. The molecule has 2 aliphatic heterocycles. The maximum atomic E-state index is 15.0. The highest BCUT2D eigenvalue weighted by Crippen LogP contribution is 2.47. The SMILES string of the molecule is CCN(C(=O)OC(C)(C)C)c1cc(F)cc2c1NC(=O)[C@]2(C)N1CCC[C@@H](Oc2ccc(S(=O)(=O)F)cc2)C1. The average molecular weight is 566 g/mol. The van der Waals surface area contributed by atoms with Crippen LogP contribution in [0.15, 0.2) is 41.3 Å². The van der Waals surface area contributed by atoms with E-state index in [-0.39, 0.29) is 24.2 Å². The molecule has 2 atom stereocenters. The summed E-state index contributed by atoms with van der Waals surface area (Å²) in [5.74, 6) is -0.594. The first-order valence-electron chi connectivity index (χ1n) is 12.8. The lowest BCUT2D eigenvalue weighted by Crippen LogP contribution is -2.54. The Kier molecular flexibility index (Phi) is 7.65. The number of piperidine rings is 1. The Labute approximate surface area is 227 Å². The highest BCUT2D eigenvalue weighted by molar-refractivity contribution is 7.86. The minimum Gasteiger partial charge on any atom is -0.489 e. The lowest BCUT2D eigenvalue weighted by atomic mass is 9.88. The number of fused-ring (bicyclic) bond motifs is 1. The Morgan fingerprint density at radius 1 is 1.23 bits per heavy atom. The number of nitrogens with zero attached hydrogens (tertiary/aromatic N) is 2. The number of hydrogen-bond donors (Lipinski definition) is 1. The van der Waals surface area contributed by atoms with Crippen LogP contribution in [0.4, 0.5) is 24.4 Å². The van der Waals surface area contributed by atoms with Crippen molar-refractivity contribution in [3.05, 3.63) is 47.8 Å². The third kappa shape index (κ3) is 5.86. The molecule has 2 aromatic carbocycles. The number of likely N-dealkylation sites (tertiary alicyclic amines) is 1. The fraction of sp³-hybridized carbons (Fsp3) is 0.481. The minimum absolute atomic E-state index is 0.194. The fourth-order valence-corrected chi connectivity index (χ4v) is 5.48. The average Bonchev–Trinajstić information content (AvgIpc) is 3.09. The van der Waals surface area contributed by atoms with E-state index in [0.29, 0.717) is 42.9 Å². The summed E-state index contributed by atoms with van der Waals surface area (Å²) in [6.07, 6.45) is 0.336. The predicted octanol–water partition coefficient (Wildman–Crippen LogP) is 4.96. The molecule has 12 heteroatoms. The molecule has 0 aromatic heterocycles. The van der Waals surface area contributed by atoms with Crippen LogP contribution in [0.5, 0.6) is 5.75 Å². The summed E-state index contributed by atoms with van der Waals surface area (Å²) >= 11 is 0. The molecular formula is C27H33F2N3O6S. The molecule has 0 aliphatic carbocycles. The largest absolute Gasteiger partial charge is 0.489 e. The summed E-state index contributed by atoms with van der Waals surface area (Å²) in [5.41, 5.74) is -1.03. The van der Waals surface area contributed by atoms with Crippen molar-refractivity contribution < 1.29 is 35.8 Å². The van der Waals surface area contributed by atoms with Gasteiger partial charge in [-0.15, -0.1) is 3.89 Å². The van der Waals surface area contributed by atoms with Crippen LogP contribution in [0, 0.1) is 5.82 Å².